The molecule has 3 aromatic carbocycles. The highest BCUT2D eigenvalue weighted by atomic mass is 32.1. The van der Waals surface area contributed by atoms with E-state index in [1.165, 1.54) is 20.2 Å². The average Bonchev–Trinajstić information content (AvgIpc) is 3.51. The molecule has 0 atom stereocenters. The van der Waals surface area contributed by atoms with Gasteiger partial charge in [0.25, 0.3) is 0 Å². The van der Waals surface area contributed by atoms with Crippen LogP contribution in [0.4, 0.5) is 0 Å². The van der Waals surface area contributed by atoms with Crippen molar-refractivity contribution in [3.63, 3.8) is 0 Å². The molecule has 0 fully saturated rings. The maximum atomic E-state index is 4.85. The second-order valence-electron chi connectivity index (χ2n) is 9.41. The van der Waals surface area contributed by atoms with Gasteiger partial charge in [-0.15, -0.1) is 11.3 Å². The monoisotopic (exact) mass is 504 g/mol. The molecule has 0 unspecified atom stereocenters. The molecule has 0 spiro atoms. The summed E-state index contributed by atoms with van der Waals surface area (Å²) in [6, 6.07) is 32.5. The van der Waals surface area contributed by atoms with Gasteiger partial charge in [-0.3, -0.25) is 15.0 Å². The summed E-state index contributed by atoms with van der Waals surface area (Å²) in [4.78, 5) is 13.3. The third-order valence-corrected chi connectivity index (χ3v) is 8.36. The van der Waals surface area contributed by atoms with E-state index in [0.717, 1.165) is 49.9 Å². The zero-order valence-corrected chi connectivity index (χ0v) is 21.1. The van der Waals surface area contributed by atoms with Crippen LogP contribution in [0.25, 0.3) is 70.0 Å². The molecule has 4 nitrogen and oxygen atoms in total. The Morgan fingerprint density at radius 3 is 1.95 bits per heavy atom. The fourth-order valence-electron chi connectivity index (χ4n) is 5.49. The van der Waals surface area contributed by atoms with Crippen molar-refractivity contribution in [2.24, 2.45) is 0 Å². The topological polar surface area (TPSA) is 43.6 Å². The summed E-state index contributed by atoms with van der Waals surface area (Å²) in [6.45, 7) is 0. The van der Waals surface area contributed by atoms with Crippen molar-refractivity contribution in [1.82, 2.24) is 19.5 Å². The van der Waals surface area contributed by atoms with Crippen LogP contribution in [0.2, 0.25) is 0 Å². The Labute approximate surface area is 222 Å². The number of pyridine rings is 3. The highest BCUT2D eigenvalue weighted by Gasteiger charge is 2.17. The molecule has 0 bridgehead atoms. The molecule has 8 rings (SSSR count). The lowest BCUT2D eigenvalue weighted by molar-refractivity contribution is 1.18. The Morgan fingerprint density at radius 2 is 1.21 bits per heavy atom. The molecular formula is C33H20N4S. The zero-order valence-electron chi connectivity index (χ0n) is 20.2. The van der Waals surface area contributed by atoms with Crippen molar-refractivity contribution < 1.29 is 0 Å². The van der Waals surface area contributed by atoms with Crippen LogP contribution in [0.1, 0.15) is 0 Å². The molecule has 0 aliphatic heterocycles. The van der Waals surface area contributed by atoms with E-state index in [1.54, 1.807) is 0 Å². The van der Waals surface area contributed by atoms with Crippen LogP contribution >= 0.6 is 11.3 Å². The van der Waals surface area contributed by atoms with Gasteiger partial charge in [0, 0.05) is 62.2 Å². The van der Waals surface area contributed by atoms with Gasteiger partial charge >= 0.3 is 0 Å². The van der Waals surface area contributed by atoms with Gasteiger partial charge in [-0.2, -0.15) is 0 Å². The Kier molecular flexibility index (Phi) is 4.66. The van der Waals surface area contributed by atoms with Crippen molar-refractivity contribution in [2.75, 3.05) is 0 Å². The number of nitrogens with zero attached hydrogens (tertiary/aromatic N) is 4. The van der Waals surface area contributed by atoms with E-state index in [4.69, 9.17) is 4.98 Å². The summed E-state index contributed by atoms with van der Waals surface area (Å²) < 4.78 is 4.94. The summed E-state index contributed by atoms with van der Waals surface area (Å²) in [5.41, 5.74) is 8.89. The standard InChI is InChI=1S/C33H20N4S/c1-2-6-31-26(4-1)27-19-28-30(20-32(27)38-31)37(29-5-3-11-36-33(28)29)25-17-23(21-7-12-34-13-8-21)16-24(18-25)22-9-14-35-15-10-22/h1-20H. The van der Waals surface area contributed by atoms with Gasteiger partial charge < -0.3 is 4.57 Å². The molecular weight excluding hydrogens is 484 g/mol. The molecule has 0 N–H and O–H groups in total. The predicted molar refractivity (Wildman–Crippen MR) is 158 cm³/mol. The van der Waals surface area contributed by atoms with Gasteiger partial charge in [-0.05, 0) is 95.1 Å². The second-order valence-corrected chi connectivity index (χ2v) is 10.5. The molecule has 5 heteroatoms. The normalized spacial score (nSPS) is 11.7. The Balaban J connectivity index is 1.48. The molecule has 0 saturated heterocycles. The molecule has 5 aromatic heterocycles. The number of rotatable bonds is 3. The number of hydrogen-bond acceptors (Lipinski definition) is 4. The summed E-state index contributed by atoms with van der Waals surface area (Å²) in [5, 5.41) is 3.74. The highest BCUT2D eigenvalue weighted by Crippen LogP contribution is 2.41. The number of thiophene rings is 1. The van der Waals surface area contributed by atoms with Gasteiger partial charge in [0.1, 0.15) is 0 Å². The first kappa shape index (κ1) is 21.2. The van der Waals surface area contributed by atoms with Crippen molar-refractivity contribution >= 4 is 53.4 Å². The fourth-order valence-corrected chi connectivity index (χ4v) is 6.61. The number of fused-ring (bicyclic) bond motifs is 6. The van der Waals surface area contributed by atoms with Gasteiger partial charge in [0.15, 0.2) is 0 Å². The largest absolute Gasteiger partial charge is 0.308 e. The Bertz CT molecular complexity index is 2070. The van der Waals surface area contributed by atoms with Gasteiger partial charge in [0.2, 0.25) is 0 Å². The van der Waals surface area contributed by atoms with Crippen LogP contribution < -0.4 is 0 Å². The van der Waals surface area contributed by atoms with E-state index in [2.05, 4.69) is 99.5 Å². The fraction of sp³-hybridized carbons (Fsp3) is 0. The Morgan fingerprint density at radius 1 is 0.500 bits per heavy atom. The maximum absolute atomic E-state index is 4.85. The molecule has 0 saturated carbocycles. The molecule has 38 heavy (non-hydrogen) atoms. The van der Waals surface area contributed by atoms with E-state index in [9.17, 15) is 0 Å². The van der Waals surface area contributed by atoms with E-state index < -0.39 is 0 Å². The third kappa shape index (κ3) is 3.26. The van der Waals surface area contributed by atoms with Crippen molar-refractivity contribution in [1.29, 1.82) is 0 Å². The quantitative estimate of drug-likeness (QED) is 0.242. The summed E-state index contributed by atoms with van der Waals surface area (Å²) >= 11 is 1.84. The lowest BCUT2D eigenvalue weighted by Gasteiger charge is -2.14. The third-order valence-electron chi connectivity index (χ3n) is 7.22. The first-order chi connectivity index (χ1) is 18.8. The first-order valence-electron chi connectivity index (χ1n) is 12.5. The minimum Gasteiger partial charge on any atom is -0.308 e. The number of aromatic nitrogens is 4. The summed E-state index contributed by atoms with van der Waals surface area (Å²) in [5.74, 6) is 0. The van der Waals surface area contributed by atoms with Crippen molar-refractivity contribution in [3.8, 4) is 27.9 Å². The minimum absolute atomic E-state index is 1.01. The molecule has 5 heterocycles. The highest BCUT2D eigenvalue weighted by molar-refractivity contribution is 7.25. The van der Waals surface area contributed by atoms with Crippen LogP contribution in [-0.2, 0) is 0 Å². The average molecular weight is 505 g/mol. The number of benzene rings is 3. The van der Waals surface area contributed by atoms with Gasteiger partial charge in [-0.1, -0.05) is 18.2 Å². The lowest BCUT2D eigenvalue weighted by atomic mass is 9.99. The maximum Gasteiger partial charge on any atom is 0.0963 e. The summed E-state index contributed by atoms with van der Waals surface area (Å²) in [6.07, 6.45) is 9.26. The Hall–Kier alpha value is -4.87. The summed E-state index contributed by atoms with van der Waals surface area (Å²) in [7, 11) is 0. The first-order valence-corrected chi connectivity index (χ1v) is 13.3. The van der Waals surface area contributed by atoms with E-state index in [1.807, 2.05) is 48.4 Å². The van der Waals surface area contributed by atoms with Gasteiger partial charge in [0.05, 0.1) is 16.6 Å². The molecule has 0 radical (unpaired) electrons. The van der Waals surface area contributed by atoms with Crippen LogP contribution in [0.5, 0.6) is 0 Å². The van der Waals surface area contributed by atoms with Crippen LogP contribution in [0.15, 0.2) is 122 Å². The molecule has 0 amide bonds. The SMILES string of the molecule is c1ccc2c(c1)sc1cc3c(cc12)c1ncccc1n3-c1cc(-c2ccncc2)cc(-c2ccncc2)c1. The minimum atomic E-state index is 1.01. The van der Waals surface area contributed by atoms with Crippen LogP contribution in [0.3, 0.4) is 0 Å². The zero-order chi connectivity index (χ0) is 25.1. The predicted octanol–water partition coefficient (Wildman–Crippen LogP) is 8.67. The van der Waals surface area contributed by atoms with Crippen LogP contribution in [0, 0.1) is 0 Å². The molecule has 178 valence electrons. The van der Waals surface area contributed by atoms with Crippen molar-refractivity contribution in [3.05, 3.63) is 122 Å². The molecule has 8 aromatic rings. The van der Waals surface area contributed by atoms with Crippen LogP contribution in [-0.4, -0.2) is 19.5 Å². The lowest BCUT2D eigenvalue weighted by Crippen LogP contribution is -1.96. The smallest absolute Gasteiger partial charge is 0.0963 e. The molecule has 0 aliphatic rings. The molecule has 0 aliphatic carbocycles. The van der Waals surface area contributed by atoms with Gasteiger partial charge in [-0.25, -0.2) is 0 Å². The van der Waals surface area contributed by atoms with E-state index in [-0.39, 0.29) is 0 Å². The number of hydrogen-bond donors (Lipinski definition) is 0. The second kappa shape index (κ2) is 8.33. The van der Waals surface area contributed by atoms with Crippen molar-refractivity contribution in [2.45, 2.75) is 0 Å². The van der Waals surface area contributed by atoms with E-state index in [0.29, 0.717) is 0 Å². The van der Waals surface area contributed by atoms with E-state index >= 15 is 0 Å².